The van der Waals surface area contributed by atoms with Crippen molar-refractivity contribution in [2.75, 3.05) is 27.2 Å². The fraction of sp³-hybridized carbons (Fsp3) is 0.686. The highest BCUT2D eigenvalue weighted by Crippen LogP contribution is 2.38. The number of nitrogens with zero attached hydrogens (tertiary/aromatic N) is 1. The molecule has 13 N–H and O–H groups in total. The van der Waals surface area contributed by atoms with E-state index in [1.165, 1.54) is 0 Å². The Kier molecular flexibility index (Phi) is 26.5. The van der Waals surface area contributed by atoms with Crippen molar-refractivity contribution in [2.24, 2.45) is 23.5 Å². The van der Waals surface area contributed by atoms with Gasteiger partial charge in [0.2, 0.25) is 5.91 Å². The Morgan fingerprint density at radius 3 is 1.87 bits per heavy atom. The van der Waals surface area contributed by atoms with Crippen molar-refractivity contribution in [1.82, 2.24) is 10.2 Å². The molecule has 0 aromatic rings. The molecule has 4 unspecified atom stereocenters. The maximum Gasteiger partial charge on any atom is 0.308 e. The second-order valence-corrected chi connectivity index (χ2v) is 19.3. The van der Waals surface area contributed by atoms with Crippen LogP contribution in [0.1, 0.15) is 79.1 Å². The van der Waals surface area contributed by atoms with Gasteiger partial charge in [0.1, 0.15) is 12.2 Å². The van der Waals surface area contributed by atoms with Gasteiger partial charge in [-0.05, 0) is 53.6 Å². The molecule has 0 aromatic heterocycles. The highest BCUT2D eigenvalue weighted by atomic mass is 16.7. The number of hydrogen-bond donors (Lipinski definition) is 12. The van der Waals surface area contributed by atoms with E-state index in [1.807, 2.05) is 68.5 Å². The van der Waals surface area contributed by atoms with Gasteiger partial charge >= 0.3 is 5.97 Å². The monoisotopic (exact) mass is 994 g/mol. The zero-order chi connectivity index (χ0) is 52.1. The first-order chi connectivity index (χ1) is 33.0. The standard InChI is InChI=1S/C51H83N3O16/c1-31-19-17-15-13-11-9-7-8-10-12-14-16-18-20-38(69-50-48(64)45(52)47(63)34(4)68-50)28-42-44(49(65)53-23-24-54(5)6)41(60)30-51(66,70-42)29-40(59)39(58)22-21-35(55)25-36(56)26-37(57)27-43(61)67-33(3)32(2)46(31)62/h7-20,31-42,44-48,50,55-60,62-64,66H,21-30,52H2,1-6H3,(H,53,65)/b8-7+,11-9+,12-10+,15-13+,16-14+,19-17+,20-18+/t31-,32-,33-,34+,35?,36?,37?,38-,39+,40+,41-,42-,44+,45-,46+,47+,48-,50?,51+/m0/s1. The van der Waals surface area contributed by atoms with Gasteiger partial charge in [-0.1, -0.05) is 98.9 Å². The first-order valence-corrected chi connectivity index (χ1v) is 24.4. The summed E-state index contributed by atoms with van der Waals surface area (Å²) in [6, 6.07) is -1.13. The molecule has 398 valence electrons. The summed E-state index contributed by atoms with van der Waals surface area (Å²) in [6.45, 7) is 7.50. The second kappa shape index (κ2) is 30.5. The van der Waals surface area contributed by atoms with E-state index in [2.05, 4.69) is 5.32 Å². The summed E-state index contributed by atoms with van der Waals surface area (Å²) in [4.78, 5) is 28.3. The molecule has 19 atom stereocenters. The highest BCUT2D eigenvalue weighted by molar-refractivity contribution is 5.80. The number of esters is 1. The summed E-state index contributed by atoms with van der Waals surface area (Å²) in [5.74, 6) is -5.60. The number of ether oxygens (including phenoxy) is 4. The van der Waals surface area contributed by atoms with E-state index in [1.54, 1.807) is 63.3 Å². The van der Waals surface area contributed by atoms with Gasteiger partial charge in [-0.3, -0.25) is 9.59 Å². The predicted molar refractivity (Wildman–Crippen MR) is 261 cm³/mol. The molecule has 0 aliphatic carbocycles. The minimum absolute atomic E-state index is 0.119. The number of rotatable bonds is 6. The normalized spacial score (nSPS) is 43.1. The van der Waals surface area contributed by atoms with Crippen LogP contribution in [0.5, 0.6) is 0 Å². The minimum Gasteiger partial charge on any atom is -0.462 e. The Balaban J connectivity index is 1.93. The van der Waals surface area contributed by atoms with Crippen LogP contribution in [0.25, 0.3) is 0 Å². The number of cyclic esters (lactones) is 1. The van der Waals surface area contributed by atoms with Crippen LogP contribution in [0, 0.1) is 17.8 Å². The lowest BCUT2D eigenvalue weighted by Gasteiger charge is -2.46. The molecule has 3 aliphatic heterocycles. The van der Waals surface area contributed by atoms with Gasteiger partial charge < -0.3 is 86.0 Å². The van der Waals surface area contributed by atoms with Gasteiger partial charge in [0.25, 0.3) is 0 Å². The highest BCUT2D eigenvalue weighted by Gasteiger charge is 2.51. The lowest BCUT2D eigenvalue weighted by atomic mass is 9.82. The van der Waals surface area contributed by atoms with Gasteiger partial charge in [-0.25, -0.2) is 0 Å². The van der Waals surface area contributed by atoms with Crippen LogP contribution in [0.15, 0.2) is 85.1 Å². The number of amides is 1. The third kappa shape index (κ3) is 20.9. The van der Waals surface area contributed by atoms with Crippen molar-refractivity contribution in [3.8, 4) is 0 Å². The lowest BCUT2D eigenvalue weighted by Crippen LogP contribution is -2.62. The quantitative estimate of drug-likeness (QED) is 0.159. The van der Waals surface area contributed by atoms with E-state index in [4.69, 9.17) is 24.7 Å². The molecule has 3 aliphatic rings. The van der Waals surface area contributed by atoms with Gasteiger partial charge in [0.15, 0.2) is 12.1 Å². The number of aliphatic hydroxyl groups excluding tert-OH is 9. The van der Waals surface area contributed by atoms with Crippen molar-refractivity contribution >= 4 is 11.9 Å². The van der Waals surface area contributed by atoms with Crippen LogP contribution in [0.4, 0.5) is 0 Å². The minimum atomic E-state index is -2.29. The van der Waals surface area contributed by atoms with Crippen molar-refractivity contribution in [2.45, 2.75) is 177 Å². The van der Waals surface area contributed by atoms with E-state index in [0.717, 1.165) is 0 Å². The summed E-state index contributed by atoms with van der Waals surface area (Å²) >= 11 is 0. The molecule has 3 heterocycles. The molecule has 0 saturated carbocycles. The smallest absolute Gasteiger partial charge is 0.308 e. The number of nitrogens with one attached hydrogen (secondary N) is 1. The Labute approximate surface area is 413 Å². The predicted octanol–water partition coefficient (Wildman–Crippen LogP) is 0.305. The number of fused-ring (bicyclic) bond motifs is 2. The largest absolute Gasteiger partial charge is 0.462 e. The molecule has 70 heavy (non-hydrogen) atoms. The molecule has 3 rings (SSSR count). The van der Waals surface area contributed by atoms with Gasteiger partial charge in [-0.15, -0.1) is 0 Å². The van der Waals surface area contributed by atoms with Crippen LogP contribution in [-0.4, -0.2) is 192 Å². The SMILES string of the molecule is C[C@@H]1[C@H](O)[C@@H](C)/C=C/C=C/C=C/C=C/C=C/C=C/C=C/[C@H](OC2O[C@H](C)[C@@H](O)[C@H](N)[C@@H]2O)C[C@@H]2O[C@](O)(C[C@@H](O)[C@H](O)CCC(O)CC(O)CC(O)CC(=O)O[C@H]1C)C[C@H](O)[C@H]2C(=O)NCCN(C)C. The molecule has 19 nitrogen and oxygen atoms in total. The number of likely N-dealkylation sites (N-methyl/N-ethyl adjacent to an activating group) is 1. The molecular weight excluding hydrogens is 911 g/mol. The van der Waals surface area contributed by atoms with Gasteiger partial charge in [-0.2, -0.15) is 0 Å². The van der Waals surface area contributed by atoms with Crippen LogP contribution >= 0.6 is 0 Å². The average Bonchev–Trinajstić information content (AvgIpc) is 3.27. The zero-order valence-corrected chi connectivity index (χ0v) is 41.5. The molecule has 0 radical (unpaired) electrons. The summed E-state index contributed by atoms with van der Waals surface area (Å²) in [7, 11) is 3.65. The average molecular weight is 994 g/mol. The molecular formula is C51H83N3O16. The van der Waals surface area contributed by atoms with E-state index in [9.17, 15) is 60.7 Å². The molecule has 2 saturated heterocycles. The maximum atomic E-state index is 13.8. The van der Waals surface area contributed by atoms with Crippen LogP contribution in [-0.2, 0) is 28.5 Å². The van der Waals surface area contributed by atoms with Crippen molar-refractivity contribution in [1.29, 1.82) is 0 Å². The molecule has 2 bridgehead atoms. The number of carbonyl (C=O) groups excluding carboxylic acids is 2. The van der Waals surface area contributed by atoms with E-state index in [-0.39, 0.29) is 44.6 Å². The van der Waals surface area contributed by atoms with E-state index < -0.39 is 140 Å². The Bertz CT molecular complexity index is 1770. The summed E-state index contributed by atoms with van der Waals surface area (Å²) in [5.41, 5.74) is 6.11. The Morgan fingerprint density at radius 1 is 0.714 bits per heavy atom. The molecule has 0 spiro atoms. The summed E-state index contributed by atoms with van der Waals surface area (Å²) in [5, 5.41) is 113. The topological polar surface area (TPSA) is 315 Å². The van der Waals surface area contributed by atoms with Gasteiger partial charge in [0.05, 0.1) is 85.5 Å². The second-order valence-electron chi connectivity index (χ2n) is 19.3. The number of nitrogens with two attached hydrogens (primary N) is 1. The fourth-order valence-electron chi connectivity index (χ4n) is 8.50. The van der Waals surface area contributed by atoms with E-state index >= 15 is 0 Å². The van der Waals surface area contributed by atoms with E-state index in [0.29, 0.717) is 6.54 Å². The third-order valence-electron chi connectivity index (χ3n) is 12.9. The van der Waals surface area contributed by atoms with Crippen molar-refractivity contribution in [3.63, 3.8) is 0 Å². The fourth-order valence-corrected chi connectivity index (χ4v) is 8.50. The summed E-state index contributed by atoms with van der Waals surface area (Å²) in [6.07, 6.45) is 4.94. The molecule has 2 fully saturated rings. The van der Waals surface area contributed by atoms with Crippen LogP contribution < -0.4 is 11.1 Å². The van der Waals surface area contributed by atoms with Crippen LogP contribution in [0.2, 0.25) is 0 Å². The number of aliphatic hydroxyl groups is 10. The molecule has 0 aromatic carbocycles. The Hall–Kier alpha value is -3.48. The lowest BCUT2D eigenvalue weighted by molar-refractivity contribution is -0.308. The first kappa shape index (κ1) is 60.8. The third-order valence-corrected chi connectivity index (χ3v) is 12.9. The van der Waals surface area contributed by atoms with Gasteiger partial charge in [0, 0.05) is 44.2 Å². The van der Waals surface area contributed by atoms with Crippen molar-refractivity contribution < 1.29 is 79.6 Å². The van der Waals surface area contributed by atoms with Crippen LogP contribution in [0.3, 0.4) is 0 Å². The molecule has 1 amide bonds. The number of allylic oxidation sites excluding steroid dienone is 12. The Morgan fingerprint density at radius 2 is 1.27 bits per heavy atom. The zero-order valence-electron chi connectivity index (χ0n) is 41.5. The summed E-state index contributed by atoms with van der Waals surface area (Å²) < 4.78 is 23.7. The number of hydrogen-bond acceptors (Lipinski definition) is 18. The maximum absolute atomic E-state index is 13.8. The molecule has 19 heteroatoms. The number of carbonyl (C=O) groups is 2. The van der Waals surface area contributed by atoms with Crippen molar-refractivity contribution in [3.05, 3.63) is 85.1 Å². The first-order valence-electron chi connectivity index (χ1n) is 24.4.